The van der Waals surface area contributed by atoms with Gasteiger partial charge in [0.05, 0.1) is 10.9 Å². The van der Waals surface area contributed by atoms with Crippen molar-refractivity contribution in [2.45, 2.75) is 23.1 Å². The Morgan fingerprint density at radius 2 is 1.77 bits per heavy atom. The van der Waals surface area contributed by atoms with E-state index >= 15 is 0 Å². The highest BCUT2D eigenvalue weighted by molar-refractivity contribution is 7.99. The molecule has 2 N–H and O–H groups in total. The molecular weight excluding hydrogens is 296 g/mol. The van der Waals surface area contributed by atoms with Crippen LogP contribution in [0.1, 0.15) is 17.7 Å². The average molecular weight is 312 g/mol. The lowest BCUT2D eigenvalue weighted by Crippen LogP contribution is -2.45. The van der Waals surface area contributed by atoms with Crippen LogP contribution in [-0.2, 0) is 9.59 Å². The molecule has 0 spiro atoms. The first-order chi connectivity index (χ1) is 10.6. The SMILES string of the molecule is CC(=O)N[C@@H]1C(=O)Nc2ccccc2S[C@@H]1c1ccccc1. The molecule has 0 fully saturated rings. The van der Waals surface area contributed by atoms with Crippen molar-refractivity contribution in [3.63, 3.8) is 0 Å². The molecule has 1 heterocycles. The molecule has 22 heavy (non-hydrogen) atoms. The first kappa shape index (κ1) is 14.7. The topological polar surface area (TPSA) is 58.2 Å². The summed E-state index contributed by atoms with van der Waals surface area (Å²) in [5, 5.41) is 5.51. The molecule has 0 aliphatic carbocycles. The van der Waals surface area contributed by atoms with Crippen LogP contribution in [0.25, 0.3) is 0 Å². The van der Waals surface area contributed by atoms with Crippen LogP contribution in [0.2, 0.25) is 0 Å². The van der Waals surface area contributed by atoms with E-state index in [-0.39, 0.29) is 17.1 Å². The van der Waals surface area contributed by atoms with Gasteiger partial charge in [-0.15, -0.1) is 11.8 Å². The highest BCUT2D eigenvalue weighted by Gasteiger charge is 2.34. The average Bonchev–Trinajstić information content (AvgIpc) is 2.65. The van der Waals surface area contributed by atoms with Crippen molar-refractivity contribution in [2.24, 2.45) is 0 Å². The van der Waals surface area contributed by atoms with Crippen LogP contribution in [0.3, 0.4) is 0 Å². The van der Waals surface area contributed by atoms with E-state index in [4.69, 9.17) is 0 Å². The number of fused-ring (bicyclic) bond motifs is 1. The van der Waals surface area contributed by atoms with Crippen LogP contribution >= 0.6 is 11.8 Å². The van der Waals surface area contributed by atoms with Crippen molar-refractivity contribution in [1.82, 2.24) is 5.32 Å². The molecule has 0 radical (unpaired) electrons. The van der Waals surface area contributed by atoms with Crippen LogP contribution in [-0.4, -0.2) is 17.9 Å². The number of nitrogens with one attached hydrogen (secondary N) is 2. The van der Waals surface area contributed by atoms with E-state index < -0.39 is 6.04 Å². The van der Waals surface area contributed by atoms with Gasteiger partial charge in [-0.2, -0.15) is 0 Å². The Kier molecular flexibility index (Phi) is 4.15. The van der Waals surface area contributed by atoms with E-state index in [2.05, 4.69) is 10.6 Å². The van der Waals surface area contributed by atoms with E-state index in [1.807, 2.05) is 54.6 Å². The summed E-state index contributed by atoms with van der Waals surface area (Å²) in [6, 6.07) is 16.8. The zero-order chi connectivity index (χ0) is 15.5. The summed E-state index contributed by atoms with van der Waals surface area (Å²) in [5.41, 5.74) is 1.80. The minimum atomic E-state index is -0.614. The molecule has 2 amide bonds. The van der Waals surface area contributed by atoms with Gasteiger partial charge in [-0.25, -0.2) is 0 Å². The fraction of sp³-hybridized carbons (Fsp3) is 0.176. The predicted molar refractivity (Wildman–Crippen MR) is 87.7 cm³/mol. The number of amides is 2. The van der Waals surface area contributed by atoms with E-state index in [1.165, 1.54) is 6.92 Å². The van der Waals surface area contributed by atoms with Crippen molar-refractivity contribution >= 4 is 29.3 Å². The number of carbonyl (C=O) groups is 2. The van der Waals surface area contributed by atoms with Gasteiger partial charge in [0.2, 0.25) is 11.8 Å². The lowest BCUT2D eigenvalue weighted by atomic mass is 10.0. The molecule has 0 aromatic heterocycles. The Bertz CT molecular complexity index is 703. The Morgan fingerprint density at radius 3 is 2.50 bits per heavy atom. The van der Waals surface area contributed by atoms with Gasteiger partial charge < -0.3 is 10.6 Å². The third kappa shape index (κ3) is 2.99. The smallest absolute Gasteiger partial charge is 0.248 e. The Labute approximate surface area is 133 Å². The second-order valence-corrected chi connectivity index (χ2v) is 6.30. The summed E-state index contributed by atoms with van der Waals surface area (Å²) in [4.78, 5) is 25.1. The van der Waals surface area contributed by atoms with E-state index in [9.17, 15) is 9.59 Å². The van der Waals surface area contributed by atoms with Crippen molar-refractivity contribution in [3.8, 4) is 0 Å². The zero-order valence-corrected chi connectivity index (χ0v) is 12.9. The summed E-state index contributed by atoms with van der Waals surface area (Å²) in [6.45, 7) is 1.43. The maximum absolute atomic E-state index is 12.6. The number of hydrogen-bond acceptors (Lipinski definition) is 3. The number of para-hydroxylation sites is 1. The molecule has 2 aromatic carbocycles. The third-order valence-electron chi connectivity index (χ3n) is 3.47. The van der Waals surface area contributed by atoms with Gasteiger partial charge >= 0.3 is 0 Å². The number of rotatable bonds is 2. The minimum absolute atomic E-state index is 0.172. The first-order valence-electron chi connectivity index (χ1n) is 7.04. The quantitative estimate of drug-likeness (QED) is 0.896. The molecule has 112 valence electrons. The van der Waals surface area contributed by atoms with E-state index in [1.54, 1.807) is 11.8 Å². The van der Waals surface area contributed by atoms with Crippen molar-refractivity contribution in [1.29, 1.82) is 0 Å². The zero-order valence-electron chi connectivity index (χ0n) is 12.1. The van der Waals surface area contributed by atoms with Crippen LogP contribution in [0.4, 0.5) is 5.69 Å². The van der Waals surface area contributed by atoms with Gasteiger partial charge in [0.25, 0.3) is 0 Å². The highest BCUT2D eigenvalue weighted by Crippen LogP contribution is 2.43. The molecule has 0 saturated heterocycles. The second-order valence-electron chi connectivity index (χ2n) is 5.11. The van der Waals surface area contributed by atoms with Crippen LogP contribution in [0, 0.1) is 0 Å². The van der Waals surface area contributed by atoms with Crippen LogP contribution in [0.5, 0.6) is 0 Å². The molecule has 2 aromatic rings. The summed E-state index contributed by atoms with van der Waals surface area (Å²) >= 11 is 1.59. The Hall–Kier alpha value is -2.27. The number of hydrogen-bond donors (Lipinski definition) is 2. The van der Waals surface area contributed by atoms with Gasteiger partial charge in [-0.3, -0.25) is 9.59 Å². The Balaban J connectivity index is 2.04. The lowest BCUT2D eigenvalue weighted by molar-refractivity contribution is -0.125. The van der Waals surface area contributed by atoms with Crippen molar-refractivity contribution in [2.75, 3.05) is 5.32 Å². The maximum Gasteiger partial charge on any atom is 0.248 e. The molecule has 4 nitrogen and oxygen atoms in total. The summed E-state index contributed by atoms with van der Waals surface area (Å²) in [6.07, 6.45) is 0. The highest BCUT2D eigenvalue weighted by atomic mass is 32.2. The van der Waals surface area contributed by atoms with Crippen LogP contribution in [0.15, 0.2) is 59.5 Å². The number of thioether (sulfide) groups is 1. The molecular formula is C17H16N2O2S. The molecule has 1 aliphatic rings. The summed E-state index contributed by atoms with van der Waals surface area (Å²) in [7, 11) is 0. The maximum atomic E-state index is 12.6. The molecule has 0 bridgehead atoms. The molecule has 3 rings (SSSR count). The lowest BCUT2D eigenvalue weighted by Gasteiger charge is -2.24. The normalized spacial score (nSPS) is 20.5. The fourth-order valence-electron chi connectivity index (χ4n) is 2.49. The second kappa shape index (κ2) is 6.23. The number of benzene rings is 2. The van der Waals surface area contributed by atoms with Gasteiger partial charge in [-0.1, -0.05) is 42.5 Å². The standard InChI is InChI=1S/C17H16N2O2S/c1-11(20)18-15-16(12-7-3-2-4-8-12)22-14-10-6-5-9-13(14)19-17(15)21/h2-10,15-16H,1H3,(H,18,20)(H,19,21)/t15-,16+/m0/s1. The summed E-state index contributed by atoms with van der Waals surface area (Å²) in [5.74, 6) is -0.408. The number of carbonyl (C=O) groups excluding carboxylic acids is 2. The molecule has 2 atom stereocenters. The largest absolute Gasteiger partial charge is 0.343 e. The predicted octanol–water partition coefficient (Wildman–Crippen LogP) is 2.98. The van der Waals surface area contributed by atoms with Gasteiger partial charge in [0, 0.05) is 11.8 Å². The summed E-state index contributed by atoms with van der Waals surface area (Å²) < 4.78 is 0. The van der Waals surface area contributed by atoms with Crippen molar-refractivity contribution < 1.29 is 9.59 Å². The van der Waals surface area contributed by atoms with Crippen LogP contribution < -0.4 is 10.6 Å². The van der Waals surface area contributed by atoms with Gasteiger partial charge in [-0.05, 0) is 17.7 Å². The number of anilines is 1. The van der Waals surface area contributed by atoms with E-state index in [0.29, 0.717) is 0 Å². The molecule has 0 unspecified atom stereocenters. The third-order valence-corrected chi connectivity index (χ3v) is 4.88. The minimum Gasteiger partial charge on any atom is -0.343 e. The fourth-order valence-corrected chi connectivity index (χ4v) is 3.79. The molecule has 0 saturated carbocycles. The monoisotopic (exact) mass is 312 g/mol. The Morgan fingerprint density at radius 1 is 1.09 bits per heavy atom. The molecule has 5 heteroatoms. The van der Waals surface area contributed by atoms with Gasteiger partial charge in [0.1, 0.15) is 6.04 Å². The van der Waals surface area contributed by atoms with E-state index in [0.717, 1.165) is 16.1 Å². The first-order valence-corrected chi connectivity index (χ1v) is 7.92. The van der Waals surface area contributed by atoms with Gasteiger partial charge in [0.15, 0.2) is 0 Å². The van der Waals surface area contributed by atoms with Crippen molar-refractivity contribution in [3.05, 3.63) is 60.2 Å². The molecule has 1 aliphatic heterocycles.